The normalized spacial score (nSPS) is 15.9. The molecule has 4 aromatic rings. The van der Waals surface area contributed by atoms with E-state index >= 15 is 0 Å². The first-order valence-electron chi connectivity index (χ1n) is 17.0. The van der Waals surface area contributed by atoms with E-state index in [1.807, 2.05) is 54.4 Å². The van der Waals surface area contributed by atoms with Crippen molar-refractivity contribution in [1.82, 2.24) is 36.2 Å². The molecule has 49 heavy (non-hydrogen) atoms. The number of halogens is 1. The van der Waals surface area contributed by atoms with Gasteiger partial charge in [-0.1, -0.05) is 72.3 Å². The molecule has 2 amide bonds. The van der Waals surface area contributed by atoms with E-state index in [4.69, 9.17) is 16.3 Å². The number of hydrogen-bond acceptors (Lipinski definition) is 8. The molecule has 0 bridgehead atoms. The Bertz CT molecular complexity index is 1720. The number of alkyl carbamates (subject to hydrolysis) is 1. The van der Waals surface area contributed by atoms with Crippen LogP contribution in [0.2, 0.25) is 5.02 Å². The van der Waals surface area contributed by atoms with E-state index in [0.29, 0.717) is 68.3 Å². The number of ether oxygens (including phenoxy) is 1. The Hall–Kier alpha value is -4.32. The fourth-order valence-electron chi connectivity index (χ4n) is 6.94. The Morgan fingerprint density at radius 2 is 1.96 bits per heavy atom. The van der Waals surface area contributed by atoms with Gasteiger partial charge in [-0.05, 0) is 85.5 Å². The Morgan fingerprint density at radius 1 is 1.12 bits per heavy atom. The topological polar surface area (TPSA) is 145 Å². The van der Waals surface area contributed by atoms with Crippen LogP contribution in [0.15, 0.2) is 60.7 Å². The van der Waals surface area contributed by atoms with Crippen LogP contribution in [0.1, 0.15) is 71.0 Å². The Balaban J connectivity index is 1.48. The molecule has 0 saturated carbocycles. The van der Waals surface area contributed by atoms with Crippen molar-refractivity contribution in [3.05, 3.63) is 99.3 Å². The minimum atomic E-state index is -1.35. The highest BCUT2D eigenvalue weighted by molar-refractivity contribution is 6.33. The summed E-state index contributed by atoms with van der Waals surface area (Å²) in [5, 5.41) is 33.8. The number of piperidine rings is 1. The van der Waals surface area contributed by atoms with Crippen molar-refractivity contribution >= 4 is 23.6 Å². The second-order valence-electron chi connectivity index (χ2n) is 12.6. The van der Waals surface area contributed by atoms with Crippen LogP contribution in [-0.4, -0.2) is 76.4 Å². The Morgan fingerprint density at radius 3 is 2.71 bits per heavy atom. The van der Waals surface area contributed by atoms with Crippen LogP contribution in [0, 0.1) is 5.92 Å². The van der Waals surface area contributed by atoms with Gasteiger partial charge in [0.1, 0.15) is 0 Å². The molecule has 0 radical (unpaired) electrons. The van der Waals surface area contributed by atoms with Crippen LogP contribution >= 0.6 is 11.6 Å². The number of nitrogens with one attached hydrogen (secondary N) is 3. The van der Waals surface area contributed by atoms with Crippen molar-refractivity contribution in [1.29, 1.82) is 0 Å². The van der Waals surface area contributed by atoms with Crippen LogP contribution in [-0.2, 0) is 36.1 Å². The molecule has 1 aliphatic rings. The molecule has 260 valence electrons. The summed E-state index contributed by atoms with van der Waals surface area (Å²) in [5.41, 5.74) is 4.89. The van der Waals surface area contributed by atoms with E-state index in [1.54, 1.807) is 0 Å². The molecule has 0 spiro atoms. The third kappa shape index (κ3) is 8.65. The van der Waals surface area contributed by atoms with Crippen molar-refractivity contribution in [2.75, 3.05) is 33.8 Å². The van der Waals surface area contributed by atoms with E-state index in [-0.39, 0.29) is 11.8 Å². The third-order valence-electron chi connectivity index (χ3n) is 9.47. The quantitative estimate of drug-likeness (QED) is 0.128. The fourth-order valence-corrected chi connectivity index (χ4v) is 7.22. The van der Waals surface area contributed by atoms with Crippen LogP contribution in [0.25, 0.3) is 11.1 Å². The van der Waals surface area contributed by atoms with E-state index in [0.717, 1.165) is 47.1 Å². The average Bonchev–Trinajstić information content (AvgIpc) is 3.66. The summed E-state index contributed by atoms with van der Waals surface area (Å²) < 4.78 is 4.76. The minimum absolute atomic E-state index is 0.0690. The highest BCUT2D eigenvalue weighted by Gasteiger charge is 2.43. The number of carbonyl (C=O) groups is 2. The number of aromatic amines is 1. The van der Waals surface area contributed by atoms with Crippen LogP contribution < -0.4 is 10.6 Å². The number of aromatic nitrogens is 4. The van der Waals surface area contributed by atoms with Gasteiger partial charge in [0, 0.05) is 54.7 Å². The van der Waals surface area contributed by atoms with Gasteiger partial charge in [-0.15, -0.1) is 10.2 Å². The molecule has 4 N–H and O–H groups in total. The lowest BCUT2D eigenvalue weighted by atomic mass is 9.72. The molecular formula is C37H46ClN7O4. The van der Waals surface area contributed by atoms with Crippen LogP contribution in [0.4, 0.5) is 4.79 Å². The molecule has 5 rings (SSSR count). The maximum Gasteiger partial charge on any atom is 0.406 e. The van der Waals surface area contributed by atoms with Gasteiger partial charge >= 0.3 is 6.09 Å². The standard InChI is InChI=1S/C37H46ClN7O4/c1-4-25-9-5-10-28(21-25)34-31(12-6-13-32(34)38)37(48,18-8-19-40-36(47)49-3)29-11-7-20-45(24-29)35(46)30-16-14-26(23-39-2)22-27(30)15-17-33-41-43-44-42-33/h5-6,9-10,12-14,16,21-22,29,39,48H,4,7-8,11,15,17-20,23-24H2,1-3H3,(H,40,47)(H,41,42,43,44)/t29-,37+/m1/s1. The molecule has 0 aliphatic carbocycles. The molecule has 0 unspecified atom stereocenters. The summed E-state index contributed by atoms with van der Waals surface area (Å²) in [6.07, 6.45) is 3.75. The number of amides is 2. The highest BCUT2D eigenvalue weighted by atomic mass is 35.5. The summed E-state index contributed by atoms with van der Waals surface area (Å²) in [4.78, 5) is 28.0. The van der Waals surface area contributed by atoms with Gasteiger partial charge in [0.25, 0.3) is 5.91 Å². The van der Waals surface area contributed by atoms with E-state index in [2.05, 4.69) is 56.4 Å². The summed E-state index contributed by atoms with van der Waals surface area (Å²) in [7, 11) is 3.22. The largest absolute Gasteiger partial charge is 0.453 e. The number of methoxy groups -OCH3 is 1. The minimum Gasteiger partial charge on any atom is -0.453 e. The fraction of sp³-hybridized carbons (Fsp3) is 0.432. The predicted molar refractivity (Wildman–Crippen MR) is 189 cm³/mol. The lowest BCUT2D eigenvalue weighted by Crippen LogP contribution is -2.48. The number of nitrogens with zero attached hydrogens (tertiary/aromatic N) is 4. The van der Waals surface area contributed by atoms with E-state index in [9.17, 15) is 14.7 Å². The number of aryl methyl sites for hydroxylation is 3. The molecule has 2 atom stereocenters. The van der Waals surface area contributed by atoms with Crippen molar-refractivity contribution < 1.29 is 19.4 Å². The molecule has 1 fully saturated rings. The third-order valence-corrected chi connectivity index (χ3v) is 9.78. The molecule has 2 heterocycles. The van der Waals surface area contributed by atoms with Crippen molar-refractivity contribution in [3.63, 3.8) is 0 Å². The summed E-state index contributed by atoms with van der Waals surface area (Å²) in [5.74, 6) is 0.228. The molecule has 1 saturated heterocycles. The predicted octanol–water partition coefficient (Wildman–Crippen LogP) is 5.46. The first kappa shape index (κ1) is 36.0. The molecule has 3 aromatic carbocycles. The lowest BCUT2D eigenvalue weighted by molar-refractivity contribution is -0.0563. The monoisotopic (exact) mass is 687 g/mol. The average molecular weight is 688 g/mol. The number of H-pyrrole nitrogens is 1. The van der Waals surface area contributed by atoms with Crippen LogP contribution in [0.3, 0.4) is 0 Å². The van der Waals surface area contributed by atoms with Gasteiger partial charge in [0.2, 0.25) is 0 Å². The molecule has 11 nitrogen and oxygen atoms in total. The highest BCUT2D eigenvalue weighted by Crippen LogP contribution is 2.46. The van der Waals surface area contributed by atoms with Crippen molar-refractivity contribution in [2.24, 2.45) is 5.92 Å². The van der Waals surface area contributed by atoms with Gasteiger partial charge in [-0.2, -0.15) is 5.21 Å². The number of carbonyl (C=O) groups excluding carboxylic acids is 2. The number of rotatable bonds is 14. The van der Waals surface area contributed by atoms with Gasteiger partial charge in [0.05, 0.1) is 12.7 Å². The second kappa shape index (κ2) is 16.9. The number of benzene rings is 3. The second-order valence-corrected chi connectivity index (χ2v) is 13.0. The number of likely N-dealkylation sites (tertiary alicyclic amines) is 1. The molecular weight excluding hydrogens is 642 g/mol. The van der Waals surface area contributed by atoms with Gasteiger partial charge in [0.15, 0.2) is 5.82 Å². The molecule has 1 aliphatic heterocycles. The van der Waals surface area contributed by atoms with Gasteiger partial charge in [-0.25, -0.2) is 4.79 Å². The van der Waals surface area contributed by atoms with Crippen molar-refractivity contribution in [3.8, 4) is 11.1 Å². The maximum atomic E-state index is 14.3. The zero-order valence-electron chi connectivity index (χ0n) is 28.5. The van der Waals surface area contributed by atoms with E-state index in [1.165, 1.54) is 12.7 Å². The summed E-state index contributed by atoms with van der Waals surface area (Å²) >= 11 is 6.94. The Kier molecular flexibility index (Phi) is 12.4. The van der Waals surface area contributed by atoms with Crippen molar-refractivity contribution in [2.45, 2.75) is 64.0 Å². The smallest absolute Gasteiger partial charge is 0.406 e. The Labute approximate surface area is 292 Å². The zero-order valence-corrected chi connectivity index (χ0v) is 29.2. The molecule has 12 heteroatoms. The first-order chi connectivity index (χ1) is 23.8. The lowest BCUT2D eigenvalue weighted by Gasteiger charge is -2.44. The van der Waals surface area contributed by atoms with E-state index < -0.39 is 11.7 Å². The van der Waals surface area contributed by atoms with Gasteiger partial charge < -0.3 is 25.4 Å². The molecule has 1 aromatic heterocycles. The summed E-state index contributed by atoms with van der Waals surface area (Å²) in [6, 6.07) is 19.9. The SMILES string of the molecule is CCc1cccc(-c2c(Cl)cccc2[C@](O)(CCCNC(=O)OC)[C@@H]2CCCN(C(=O)c3ccc(CNC)cc3CCc3nn[nH]n3)C2)c1. The van der Waals surface area contributed by atoms with Crippen LogP contribution in [0.5, 0.6) is 0 Å². The first-order valence-corrected chi connectivity index (χ1v) is 17.4. The zero-order chi connectivity index (χ0) is 34.8. The number of tetrazole rings is 1. The number of hydrogen-bond donors (Lipinski definition) is 4. The summed E-state index contributed by atoms with van der Waals surface area (Å²) in [6.45, 7) is 4.06. The number of aliphatic hydroxyl groups is 1. The maximum absolute atomic E-state index is 14.3. The van der Waals surface area contributed by atoms with Gasteiger partial charge in [-0.3, -0.25) is 4.79 Å².